The molecule has 1 aliphatic heterocycles. The lowest BCUT2D eigenvalue weighted by molar-refractivity contribution is 0.0552. The van der Waals surface area contributed by atoms with E-state index in [1.165, 1.54) is 5.57 Å². The molecule has 0 bridgehead atoms. The van der Waals surface area contributed by atoms with Gasteiger partial charge >= 0.3 is 6.03 Å². The lowest BCUT2D eigenvalue weighted by Gasteiger charge is -2.33. The minimum absolute atomic E-state index is 0.138. The van der Waals surface area contributed by atoms with E-state index in [1.54, 1.807) is 0 Å². The standard InChI is InChI=1S/C24H33N3O4/c1-16(2)29-11-12-30-22-8-6-7-20(14-22)13-21-9-10-27(15-17(21)3)24(28)25-23-18(4)19(5)31-26-23/h6-8,13-14,16-17H,9-12,15H2,1-5H3,(H,25,26,28). The number of hydrogen-bond donors (Lipinski definition) is 1. The molecule has 168 valence electrons. The number of aryl methyl sites for hydroxylation is 1. The van der Waals surface area contributed by atoms with E-state index in [-0.39, 0.29) is 18.1 Å². The Kier molecular flexibility index (Phi) is 7.74. The highest BCUT2D eigenvalue weighted by atomic mass is 16.5. The summed E-state index contributed by atoms with van der Waals surface area (Å²) in [7, 11) is 0. The largest absolute Gasteiger partial charge is 0.491 e. The molecule has 0 aliphatic carbocycles. The maximum Gasteiger partial charge on any atom is 0.323 e. The van der Waals surface area contributed by atoms with Crippen LogP contribution in [0.3, 0.4) is 0 Å². The van der Waals surface area contributed by atoms with E-state index in [0.29, 0.717) is 37.9 Å². The van der Waals surface area contributed by atoms with Crippen LogP contribution >= 0.6 is 0 Å². The van der Waals surface area contributed by atoms with Crippen molar-refractivity contribution in [2.45, 2.75) is 47.1 Å². The molecule has 2 heterocycles. The molecule has 1 aliphatic rings. The van der Waals surface area contributed by atoms with Crippen molar-refractivity contribution in [3.8, 4) is 5.75 Å². The smallest absolute Gasteiger partial charge is 0.323 e. The highest BCUT2D eigenvalue weighted by Gasteiger charge is 2.25. The molecule has 7 heteroatoms. The zero-order chi connectivity index (χ0) is 22.4. The van der Waals surface area contributed by atoms with Gasteiger partial charge in [-0.1, -0.05) is 35.9 Å². The van der Waals surface area contributed by atoms with Crippen LogP contribution in [-0.2, 0) is 4.74 Å². The Bertz CT molecular complexity index is 919. The van der Waals surface area contributed by atoms with Crippen molar-refractivity contribution in [3.63, 3.8) is 0 Å². The van der Waals surface area contributed by atoms with Crippen molar-refractivity contribution in [1.29, 1.82) is 0 Å². The second-order valence-electron chi connectivity index (χ2n) is 8.30. The number of aromatic nitrogens is 1. The minimum atomic E-state index is -0.138. The van der Waals surface area contributed by atoms with Crippen molar-refractivity contribution >= 4 is 17.9 Å². The fraction of sp³-hybridized carbons (Fsp3) is 0.500. The van der Waals surface area contributed by atoms with Crippen molar-refractivity contribution in [2.75, 3.05) is 31.6 Å². The van der Waals surface area contributed by atoms with Gasteiger partial charge in [0.05, 0.1) is 12.7 Å². The molecule has 1 fully saturated rings. The summed E-state index contributed by atoms with van der Waals surface area (Å²) in [6.07, 6.45) is 3.25. The fourth-order valence-corrected chi connectivity index (χ4v) is 3.51. The van der Waals surface area contributed by atoms with Gasteiger partial charge in [-0.15, -0.1) is 0 Å². The van der Waals surface area contributed by atoms with Gasteiger partial charge in [-0.2, -0.15) is 0 Å². The van der Waals surface area contributed by atoms with Crippen molar-refractivity contribution in [1.82, 2.24) is 10.1 Å². The molecule has 1 saturated heterocycles. The number of ether oxygens (including phenoxy) is 2. The number of amides is 2. The number of carbonyl (C=O) groups excluding carboxylic acids is 1. The zero-order valence-electron chi connectivity index (χ0n) is 19.1. The van der Waals surface area contributed by atoms with Crippen LogP contribution in [0.25, 0.3) is 6.08 Å². The second-order valence-corrected chi connectivity index (χ2v) is 8.30. The summed E-state index contributed by atoms with van der Waals surface area (Å²) in [6.45, 7) is 12.3. The van der Waals surface area contributed by atoms with E-state index in [4.69, 9.17) is 14.0 Å². The van der Waals surface area contributed by atoms with Crippen molar-refractivity contribution < 1.29 is 18.8 Å². The average molecular weight is 428 g/mol. The summed E-state index contributed by atoms with van der Waals surface area (Å²) < 4.78 is 16.5. The molecule has 1 aromatic carbocycles. The van der Waals surface area contributed by atoms with Crippen LogP contribution < -0.4 is 10.1 Å². The molecule has 0 radical (unpaired) electrons. The number of rotatable bonds is 7. The lowest BCUT2D eigenvalue weighted by Crippen LogP contribution is -2.42. The molecule has 31 heavy (non-hydrogen) atoms. The van der Waals surface area contributed by atoms with Gasteiger partial charge in [0.25, 0.3) is 0 Å². The molecular formula is C24H33N3O4. The van der Waals surface area contributed by atoms with E-state index in [1.807, 2.05) is 50.8 Å². The lowest BCUT2D eigenvalue weighted by atomic mass is 9.91. The third-order valence-electron chi connectivity index (χ3n) is 5.48. The first kappa shape index (κ1) is 22.9. The first-order valence-corrected chi connectivity index (χ1v) is 10.9. The monoisotopic (exact) mass is 427 g/mol. The van der Waals surface area contributed by atoms with Crippen molar-refractivity contribution in [2.24, 2.45) is 5.92 Å². The normalized spacial score (nSPS) is 17.9. The topological polar surface area (TPSA) is 76.8 Å². The Morgan fingerprint density at radius 3 is 2.84 bits per heavy atom. The number of nitrogens with zero attached hydrogens (tertiary/aromatic N) is 2. The molecule has 1 atom stereocenters. The number of likely N-dealkylation sites (tertiary alicyclic amines) is 1. The fourth-order valence-electron chi connectivity index (χ4n) is 3.51. The number of urea groups is 1. The number of benzene rings is 1. The van der Waals surface area contributed by atoms with Crippen LogP contribution in [0.15, 0.2) is 34.4 Å². The number of nitrogens with one attached hydrogen (secondary N) is 1. The predicted octanol–water partition coefficient (Wildman–Crippen LogP) is 5.05. The summed E-state index contributed by atoms with van der Waals surface area (Å²) in [4.78, 5) is 14.5. The van der Waals surface area contributed by atoms with Gasteiger partial charge in [0.2, 0.25) is 0 Å². The van der Waals surface area contributed by atoms with Gasteiger partial charge in [-0.05, 0) is 57.7 Å². The first-order chi connectivity index (χ1) is 14.8. The number of anilines is 1. The van der Waals surface area contributed by atoms with Crippen LogP contribution in [0.4, 0.5) is 10.6 Å². The van der Waals surface area contributed by atoms with Gasteiger partial charge in [0.1, 0.15) is 18.1 Å². The third-order valence-corrected chi connectivity index (χ3v) is 5.48. The molecule has 1 aromatic heterocycles. The SMILES string of the molecule is Cc1onc(NC(=O)N2CCC(=Cc3cccc(OCCOC(C)C)c3)C(C)C2)c1C. The Morgan fingerprint density at radius 2 is 2.16 bits per heavy atom. The quantitative estimate of drug-likeness (QED) is 0.626. The van der Waals surface area contributed by atoms with E-state index in [2.05, 4.69) is 29.5 Å². The van der Waals surface area contributed by atoms with Crippen molar-refractivity contribution in [3.05, 3.63) is 46.7 Å². The first-order valence-electron chi connectivity index (χ1n) is 10.9. The Morgan fingerprint density at radius 1 is 1.35 bits per heavy atom. The molecule has 3 rings (SSSR count). The van der Waals surface area contributed by atoms with Gasteiger partial charge in [0.15, 0.2) is 5.82 Å². The second kappa shape index (κ2) is 10.5. The summed E-state index contributed by atoms with van der Waals surface area (Å²) in [5, 5.41) is 6.78. The molecular weight excluding hydrogens is 394 g/mol. The van der Waals surface area contributed by atoms with E-state index >= 15 is 0 Å². The highest BCUT2D eigenvalue weighted by molar-refractivity contribution is 5.89. The Balaban J connectivity index is 1.56. The van der Waals surface area contributed by atoms with Gasteiger partial charge in [-0.25, -0.2) is 4.79 Å². The summed E-state index contributed by atoms with van der Waals surface area (Å²) in [5.74, 6) is 2.31. The van der Waals surface area contributed by atoms with E-state index in [0.717, 1.165) is 23.3 Å². The number of hydrogen-bond acceptors (Lipinski definition) is 5. The molecule has 2 amide bonds. The van der Waals surface area contributed by atoms with Crippen LogP contribution in [-0.4, -0.2) is 48.5 Å². The van der Waals surface area contributed by atoms with E-state index < -0.39 is 0 Å². The molecule has 7 nitrogen and oxygen atoms in total. The van der Waals surface area contributed by atoms with Crippen LogP contribution in [0.1, 0.15) is 44.1 Å². The van der Waals surface area contributed by atoms with Crippen LogP contribution in [0.5, 0.6) is 5.75 Å². The molecule has 1 unspecified atom stereocenters. The number of carbonyl (C=O) groups is 1. The third kappa shape index (κ3) is 6.34. The molecule has 0 saturated carbocycles. The van der Waals surface area contributed by atoms with Gasteiger partial charge in [0, 0.05) is 18.7 Å². The van der Waals surface area contributed by atoms with Gasteiger partial charge < -0.3 is 18.9 Å². The minimum Gasteiger partial charge on any atom is -0.491 e. The Hall–Kier alpha value is -2.80. The number of piperidine rings is 1. The maximum absolute atomic E-state index is 12.6. The summed E-state index contributed by atoms with van der Waals surface area (Å²) in [5.41, 5.74) is 3.30. The summed E-state index contributed by atoms with van der Waals surface area (Å²) >= 11 is 0. The van der Waals surface area contributed by atoms with E-state index in [9.17, 15) is 4.79 Å². The molecule has 0 spiro atoms. The highest BCUT2D eigenvalue weighted by Crippen LogP contribution is 2.27. The van der Waals surface area contributed by atoms with Gasteiger partial charge in [-0.3, -0.25) is 5.32 Å². The molecule has 1 N–H and O–H groups in total. The predicted molar refractivity (Wildman–Crippen MR) is 121 cm³/mol. The Labute approximate surface area is 184 Å². The molecule has 2 aromatic rings. The average Bonchev–Trinajstić information content (AvgIpc) is 3.05. The van der Waals surface area contributed by atoms with Crippen LogP contribution in [0.2, 0.25) is 0 Å². The summed E-state index contributed by atoms with van der Waals surface area (Å²) in [6, 6.07) is 7.94. The maximum atomic E-state index is 12.6. The zero-order valence-corrected chi connectivity index (χ0v) is 19.1. The van der Waals surface area contributed by atoms with Crippen LogP contribution in [0, 0.1) is 19.8 Å².